The van der Waals surface area contributed by atoms with E-state index in [9.17, 15) is 0 Å². The van der Waals surface area contributed by atoms with Crippen LogP contribution in [0.2, 0.25) is 0 Å². The summed E-state index contributed by atoms with van der Waals surface area (Å²) in [7, 11) is 0. The van der Waals surface area contributed by atoms with Gasteiger partial charge in [0.25, 0.3) is 0 Å². The maximum atomic E-state index is 6.05. The Morgan fingerprint density at radius 3 is 2.59 bits per heavy atom. The van der Waals surface area contributed by atoms with Crippen molar-refractivity contribution >= 4 is 11.8 Å². The van der Waals surface area contributed by atoms with Crippen LogP contribution in [-0.2, 0) is 4.74 Å². The molecule has 2 N–H and O–H groups in total. The first kappa shape index (κ1) is 15.6. The minimum absolute atomic E-state index is 0.0584. The van der Waals surface area contributed by atoms with E-state index in [1.54, 1.807) is 0 Å². The lowest BCUT2D eigenvalue weighted by Gasteiger charge is -2.59. The summed E-state index contributed by atoms with van der Waals surface area (Å²) < 4.78 is 6.05. The summed E-state index contributed by atoms with van der Waals surface area (Å²) >= 11 is 2.06. The Hall–Kier alpha value is 0.110. The normalized spacial score (nSPS) is 39.5. The van der Waals surface area contributed by atoms with Gasteiger partial charge in [-0.2, -0.15) is 0 Å². The van der Waals surface area contributed by atoms with E-state index in [4.69, 9.17) is 4.74 Å². The molecule has 4 aliphatic heterocycles. The van der Waals surface area contributed by atoms with Crippen LogP contribution in [0.3, 0.4) is 0 Å². The standard InChI is InChI=1S/C15H29N5OS/c1-2-7-18(6-1)15(19-8-3-4-16-13-19)12-21-10-9-20(15)14-17-5-11-22-14/h14,16-17H,1-13H2. The number of likely N-dealkylation sites (tertiary alicyclic amines) is 1. The molecule has 6 nitrogen and oxygen atoms in total. The molecule has 0 saturated carbocycles. The van der Waals surface area contributed by atoms with Crippen molar-refractivity contribution in [1.82, 2.24) is 25.3 Å². The van der Waals surface area contributed by atoms with Crippen LogP contribution in [0.5, 0.6) is 0 Å². The fraction of sp³-hybridized carbons (Fsp3) is 1.00. The molecular formula is C15H29N5OS. The van der Waals surface area contributed by atoms with Crippen molar-refractivity contribution in [3.8, 4) is 0 Å². The van der Waals surface area contributed by atoms with Crippen LogP contribution in [0.4, 0.5) is 0 Å². The Kier molecular flexibility index (Phi) is 4.92. The Balaban J connectivity index is 1.65. The van der Waals surface area contributed by atoms with Gasteiger partial charge in [-0.3, -0.25) is 15.1 Å². The van der Waals surface area contributed by atoms with Gasteiger partial charge in [0.15, 0.2) is 5.79 Å². The highest BCUT2D eigenvalue weighted by molar-refractivity contribution is 8.00. The molecule has 4 fully saturated rings. The van der Waals surface area contributed by atoms with Crippen molar-refractivity contribution in [3.05, 3.63) is 0 Å². The van der Waals surface area contributed by atoms with Gasteiger partial charge >= 0.3 is 0 Å². The molecule has 2 unspecified atom stereocenters. The summed E-state index contributed by atoms with van der Waals surface area (Å²) in [4.78, 5) is 8.04. The van der Waals surface area contributed by atoms with E-state index in [0.717, 1.165) is 39.5 Å². The van der Waals surface area contributed by atoms with Crippen molar-refractivity contribution < 1.29 is 4.74 Å². The van der Waals surface area contributed by atoms with Crippen molar-refractivity contribution in [2.75, 3.05) is 64.9 Å². The maximum Gasteiger partial charge on any atom is 0.158 e. The number of hydrogen-bond donors (Lipinski definition) is 2. The zero-order valence-corrected chi connectivity index (χ0v) is 14.2. The average molecular weight is 327 g/mol. The first-order valence-electron chi connectivity index (χ1n) is 8.81. The monoisotopic (exact) mass is 327 g/mol. The summed E-state index contributed by atoms with van der Waals surface area (Å²) in [6.45, 7) is 9.52. The molecule has 0 amide bonds. The van der Waals surface area contributed by atoms with E-state index in [0.29, 0.717) is 5.50 Å². The number of rotatable bonds is 3. The number of nitrogens with zero attached hydrogens (tertiary/aromatic N) is 3. The maximum absolute atomic E-state index is 6.05. The van der Waals surface area contributed by atoms with Gasteiger partial charge in [-0.25, -0.2) is 4.90 Å². The third-order valence-electron chi connectivity index (χ3n) is 5.42. The van der Waals surface area contributed by atoms with Gasteiger partial charge in [0.2, 0.25) is 0 Å². The van der Waals surface area contributed by atoms with Gasteiger partial charge in [-0.15, -0.1) is 11.8 Å². The van der Waals surface area contributed by atoms with Gasteiger partial charge in [0.1, 0.15) is 5.50 Å². The second-order valence-corrected chi connectivity index (χ2v) is 7.85. The van der Waals surface area contributed by atoms with Crippen LogP contribution < -0.4 is 10.6 Å². The van der Waals surface area contributed by atoms with Crippen molar-refractivity contribution in [2.24, 2.45) is 0 Å². The van der Waals surface area contributed by atoms with Crippen LogP contribution >= 0.6 is 11.8 Å². The molecule has 126 valence electrons. The molecular weight excluding hydrogens is 298 g/mol. The molecule has 4 heterocycles. The minimum Gasteiger partial charge on any atom is -0.375 e. The number of nitrogens with one attached hydrogen (secondary N) is 2. The smallest absolute Gasteiger partial charge is 0.158 e. The predicted octanol–water partition coefficient (Wildman–Crippen LogP) is -0.0590. The molecule has 0 aliphatic carbocycles. The highest BCUT2D eigenvalue weighted by Gasteiger charge is 2.52. The van der Waals surface area contributed by atoms with Gasteiger partial charge in [0, 0.05) is 38.5 Å². The van der Waals surface area contributed by atoms with E-state index in [2.05, 4.69) is 37.1 Å². The molecule has 22 heavy (non-hydrogen) atoms. The summed E-state index contributed by atoms with van der Waals surface area (Å²) in [6, 6.07) is 0. The molecule has 0 aromatic carbocycles. The molecule has 2 atom stereocenters. The molecule has 0 spiro atoms. The van der Waals surface area contributed by atoms with Crippen LogP contribution in [0.15, 0.2) is 0 Å². The zero-order valence-electron chi connectivity index (χ0n) is 13.4. The molecule has 7 heteroatoms. The lowest BCUT2D eigenvalue weighted by atomic mass is 10.1. The number of morpholine rings is 1. The lowest BCUT2D eigenvalue weighted by molar-refractivity contribution is -0.236. The first-order chi connectivity index (χ1) is 10.9. The van der Waals surface area contributed by atoms with Crippen LogP contribution in [0.1, 0.15) is 19.3 Å². The number of hydrogen-bond acceptors (Lipinski definition) is 7. The van der Waals surface area contributed by atoms with Gasteiger partial charge < -0.3 is 10.1 Å². The minimum atomic E-state index is -0.0584. The summed E-state index contributed by atoms with van der Waals surface area (Å²) in [5.74, 6) is 1.16. The number of ether oxygens (including phenoxy) is 1. The van der Waals surface area contributed by atoms with Gasteiger partial charge in [-0.05, 0) is 25.8 Å². The van der Waals surface area contributed by atoms with E-state index in [1.807, 2.05) is 0 Å². The quantitative estimate of drug-likeness (QED) is 0.753. The molecule has 4 aliphatic rings. The average Bonchev–Trinajstić information content (AvgIpc) is 3.29. The number of thioether (sulfide) groups is 1. The Bertz CT molecular complexity index is 369. The van der Waals surface area contributed by atoms with E-state index < -0.39 is 0 Å². The Morgan fingerprint density at radius 1 is 1.00 bits per heavy atom. The van der Waals surface area contributed by atoms with Gasteiger partial charge in [0.05, 0.1) is 19.9 Å². The second kappa shape index (κ2) is 6.93. The van der Waals surface area contributed by atoms with Crippen molar-refractivity contribution in [3.63, 3.8) is 0 Å². The zero-order chi connectivity index (χ0) is 14.8. The SMILES string of the molecule is C1CCN(C2(N3CCCNC3)COCCN2C2NCCS2)C1. The summed E-state index contributed by atoms with van der Waals surface area (Å²) in [5.41, 5.74) is 0.437. The lowest BCUT2D eigenvalue weighted by Crippen LogP contribution is -2.77. The first-order valence-corrected chi connectivity index (χ1v) is 9.86. The topological polar surface area (TPSA) is 43.0 Å². The second-order valence-electron chi connectivity index (χ2n) is 6.67. The molecule has 4 saturated heterocycles. The van der Waals surface area contributed by atoms with Crippen LogP contribution in [0, 0.1) is 0 Å². The van der Waals surface area contributed by atoms with Crippen LogP contribution in [0.25, 0.3) is 0 Å². The van der Waals surface area contributed by atoms with E-state index in [1.165, 1.54) is 44.6 Å². The third-order valence-corrected chi connectivity index (χ3v) is 6.59. The van der Waals surface area contributed by atoms with Crippen LogP contribution in [-0.4, -0.2) is 90.9 Å². The molecule has 4 rings (SSSR count). The molecule has 0 bridgehead atoms. The highest BCUT2D eigenvalue weighted by Crippen LogP contribution is 2.36. The molecule has 0 aromatic rings. The predicted molar refractivity (Wildman–Crippen MR) is 89.5 cm³/mol. The summed E-state index contributed by atoms with van der Waals surface area (Å²) in [5, 5.41) is 7.28. The Labute approximate surface area is 137 Å². The Morgan fingerprint density at radius 2 is 1.86 bits per heavy atom. The molecule has 0 radical (unpaired) electrons. The van der Waals surface area contributed by atoms with Crippen molar-refractivity contribution in [1.29, 1.82) is 0 Å². The third kappa shape index (κ3) is 2.70. The highest BCUT2D eigenvalue weighted by atomic mass is 32.2. The largest absolute Gasteiger partial charge is 0.375 e. The molecule has 0 aromatic heterocycles. The fourth-order valence-corrected chi connectivity index (χ4v) is 5.51. The van der Waals surface area contributed by atoms with Crippen molar-refractivity contribution in [2.45, 2.75) is 30.5 Å². The van der Waals surface area contributed by atoms with E-state index in [-0.39, 0.29) is 5.79 Å². The van der Waals surface area contributed by atoms with Gasteiger partial charge in [-0.1, -0.05) is 0 Å². The summed E-state index contributed by atoms with van der Waals surface area (Å²) in [6.07, 6.45) is 3.87. The van der Waals surface area contributed by atoms with E-state index >= 15 is 0 Å². The fourth-order valence-electron chi connectivity index (χ4n) is 4.37.